The number of carbonyl (C=O) groups is 1. The van der Waals surface area contributed by atoms with Gasteiger partial charge in [-0.15, -0.1) is 0 Å². The highest BCUT2D eigenvalue weighted by molar-refractivity contribution is 5.89. The molecule has 0 radical (unpaired) electrons. The van der Waals surface area contributed by atoms with Crippen molar-refractivity contribution in [2.45, 2.75) is 6.92 Å². The zero-order valence-electron chi connectivity index (χ0n) is 11.1. The van der Waals surface area contributed by atoms with E-state index in [0.29, 0.717) is 16.9 Å². The van der Waals surface area contributed by atoms with E-state index in [1.54, 1.807) is 31.2 Å². The van der Waals surface area contributed by atoms with Gasteiger partial charge in [0.2, 0.25) is 0 Å². The highest BCUT2D eigenvalue weighted by Crippen LogP contribution is 2.26. The molecular weight excluding hydrogens is 278 g/mol. The Morgan fingerprint density at radius 1 is 1.14 bits per heavy atom. The highest BCUT2D eigenvalue weighted by atomic mass is 19.1. The SMILES string of the molecule is CC(=CC(=O)O)c1ccc(Oc2ccc(F)cc2F)cc1. The highest BCUT2D eigenvalue weighted by Gasteiger charge is 2.06. The first-order chi connectivity index (χ1) is 9.95. The van der Waals surface area contributed by atoms with Crippen LogP contribution >= 0.6 is 0 Å². The number of carboxylic acid groups (broad SMARTS) is 1. The van der Waals surface area contributed by atoms with Crippen molar-refractivity contribution in [3.05, 3.63) is 65.7 Å². The van der Waals surface area contributed by atoms with E-state index in [0.717, 1.165) is 18.2 Å². The molecule has 0 unspecified atom stereocenters. The molecule has 108 valence electrons. The van der Waals surface area contributed by atoms with Gasteiger partial charge in [-0.1, -0.05) is 12.1 Å². The predicted octanol–water partition coefficient (Wildman–Crippen LogP) is 4.25. The van der Waals surface area contributed by atoms with Crippen molar-refractivity contribution in [1.29, 1.82) is 0 Å². The molecule has 2 aromatic carbocycles. The molecule has 0 aliphatic heterocycles. The van der Waals surface area contributed by atoms with Crippen molar-refractivity contribution in [3.8, 4) is 11.5 Å². The molecule has 0 bridgehead atoms. The minimum atomic E-state index is -1.03. The summed E-state index contributed by atoms with van der Waals surface area (Å²) in [7, 11) is 0. The van der Waals surface area contributed by atoms with Crippen molar-refractivity contribution in [3.63, 3.8) is 0 Å². The molecule has 2 aromatic rings. The van der Waals surface area contributed by atoms with Crippen LogP contribution in [-0.2, 0) is 4.79 Å². The molecule has 0 heterocycles. The van der Waals surface area contributed by atoms with Gasteiger partial charge in [-0.2, -0.15) is 0 Å². The molecule has 0 aliphatic carbocycles. The molecule has 3 nitrogen and oxygen atoms in total. The van der Waals surface area contributed by atoms with Gasteiger partial charge in [-0.25, -0.2) is 13.6 Å². The minimum Gasteiger partial charge on any atom is -0.478 e. The topological polar surface area (TPSA) is 46.5 Å². The number of hydrogen-bond donors (Lipinski definition) is 1. The third kappa shape index (κ3) is 3.89. The Morgan fingerprint density at radius 2 is 1.81 bits per heavy atom. The summed E-state index contributed by atoms with van der Waals surface area (Å²) in [6, 6.07) is 9.52. The van der Waals surface area contributed by atoms with Gasteiger partial charge < -0.3 is 9.84 Å². The summed E-state index contributed by atoms with van der Waals surface area (Å²) in [6.07, 6.45) is 1.09. The first kappa shape index (κ1) is 14.7. The van der Waals surface area contributed by atoms with E-state index in [9.17, 15) is 13.6 Å². The molecule has 5 heteroatoms. The van der Waals surface area contributed by atoms with E-state index in [1.807, 2.05) is 0 Å². The van der Waals surface area contributed by atoms with Crippen LogP contribution in [0.1, 0.15) is 12.5 Å². The largest absolute Gasteiger partial charge is 0.478 e. The first-order valence-electron chi connectivity index (χ1n) is 6.10. The summed E-state index contributed by atoms with van der Waals surface area (Å²) in [5.74, 6) is -2.21. The van der Waals surface area contributed by atoms with Crippen LogP contribution in [0.25, 0.3) is 5.57 Å². The van der Waals surface area contributed by atoms with Crippen LogP contribution in [0.2, 0.25) is 0 Å². The van der Waals surface area contributed by atoms with Crippen LogP contribution in [0, 0.1) is 11.6 Å². The smallest absolute Gasteiger partial charge is 0.328 e. The number of carboxylic acids is 1. The quantitative estimate of drug-likeness (QED) is 0.856. The van der Waals surface area contributed by atoms with Gasteiger partial charge in [0.05, 0.1) is 0 Å². The second-order valence-corrected chi connectivity index (χ2v) is 4.37. The standard InChI is InChI=1S/C16H12F2O3/c1-10(8-16(19)20)11-2-5-13(6-3-11)21-15-7-4-12(17)9-14(15)18/h2-9H,1H3,(H,19,20). The molecule has 0 saturated carbocycles. The molecule has 1 N–H and O–H groups in total. The van der Waals surface area contributed by atoms with Crippen LogP contribution in [0.4, 0.5) is 8.78 Å². The van der Waals surface area contributed by atoms with Gasteiger partial charge in [0.1, 0.15) is 11.6 Å². The van der Waals surface area contributed by atoms with Gasteiger partial charge in [0.15, 0.2) is 11.6 Å². The van der Waals surface area contributed by atoms with E-state index >= 15 is 0 Å². The maximum Gasteiger partial charge on any atom is 0.328 e. The van der Waals surface area contributed by atoms with E-state index < -0.39 is 17.6 Å². The van der Waals surface area contributed by atoms with E-state index in [1.165, 1.54) is 6.07 Å². The number of aliphatic carboxylic acids is 1. The number of halogens is 2. The first-order valence-corrected chi connectivity index (χ1v) is 6.10. The molecular formula is C16H12F2O3. The predicted molar refractivity (Wildman–Crippen MR) is 74.2 cm³/mol. The summed E-state index contributed by atoms with van der Waals surface area (Å²) in [5.41, 5.74) is 1.30. The lowest BCUT2D eigenvalue weighted by molar-refractivity contribution is -0.131. The summed E-state index contributed by atoms with van der Waals surface area (Å²) in [6.45, 7) is 1.67. The Kier molecular flexibility index (Phi) is 4.33. The molecule has 0 aliphatic rings. The molecule has 0 atom stereocenters. The summed E-state index contributed by atoms with van der Waals surface area (Å²) in [4.78, 5) is 10.6. The van der Waals surface area contributed by atoms with Crippen molar-refractivity contribution < 1.29 is 23.4 Å². The van der Waals surface area contributed by atoms with Crippen LogP contribution in [0.5, 0.6) is 11.5 Å². The van der Waals surface area contributed by atoms with E-state index in [4.69, 9.17) is 9.84 Å². The molecule has 21 heavy (non-hydrogen) atoms. The minimum absolute atomic E-state index is 0.0815. The third-order valence-corrected chi connectivity index (χ3v) is 2.77. The second kappa shape index (κ2) is 6.17. The second-order valence-electron chi connectivity index (χ2n) is 4.37. The monoisotopic (exact) mass is 290 g/mol. The van der Waals surface area contributed by atoms with E-state index in [-0.39, 0.29) is 5.75 Å². The fourth-order valence-corrected chi connectivity index (χ4v) is 1.74. The summed E-state index contributed by atoms with van der Waals surface area (Å²) < 4.78 is 31.5. The van der Waals surface area contributed by atoms with Crippen LogP contribution < -0.4 is 4.74 Å². The maximum absolute atomic E-state index is 13.4. The van der Waals surface area contributed by atoms with E-state index in [2.05, 4.69) is 0 Å². The zero-order valence-corrected chi connectivity index (χ0v) is 11.1. The number of rotatable bonds is 4. The van der Waals surface area contributed by atoms with Gasteiger partial charge in [-0.3, -0.25) is 0 Å². The summed E-state index contributed by atoms with van der Waals surface area (Å²) in [5, 5.41) is 8.67. The lowest BCUT2D eigenvalue weighted by atomic mass is 10.1. The molecule has 0 fully saturated rings. The normalized spacial score (nSPS) is 11.3. The molecule has 0 saturated heterocycles. The molecule has 0 amide bonds. The molecule has 0 aromatic heterocycles. The Labute approximate surface area is 120 Å². The van der Waals surface area contributed by atoms with Crippen LogP contribution in [0.3, 0.4) is 0 Å². The zero-order chi connectivity index (χ0) is 15.4. The van der Waals surface area contributed by atoms with Crippen LogP contribution in [-0.4, -0.2) is 11.1 Å². The maximum atomic E-state index is 13.4. The fourth-order valence-electron chi connectivity index (χ4n) is 1.74. The summed E-state index contributed by atoms with van der Waals surface area (Å²) >= 11 is 0. The lowest BCUT2D eigenvalue weighted by Crippen LogP contribution is -1.91. The third-order valence-electron chi connectivity index (χ3n) is 2.77. The van der Waals surface area contributed by atoms with Crippen LogP contribution in [0.15, 0.2) is 48.5 Å². The lowest BCUT2D eigenvalue weighted by Gasteiger charge is -2.08. The number of hydrogen-bond acceptors (Lipinski definition) is 2. The Hall–Kier alpha value is -2.69. The number of benzene rings is 2. The Morgan fingerprint density at radius 3 is 2.38 bits per heavy atom. The number of allylic oxidation sites excluding steroid dienone is 1. The molecule has 0 spiro atoms. The Balaban J connectivity index is 2.18. The van der Waals surface area contributed by atoms with Crippen molar-refractivity contribution in [2.75, 3.05) is 0 Å². The average Bonchev–Trinajstić information content (AvgIpc) is 2.42. The number of ether oxygens (including phenoxy) is 1. The Bertz CT molecular complexity index is 691. The van der Waals surface area contributed by atoms with Crippen molar-refractivity contribution in [1.82, 2.24) is 0 Å². The molecule has 2 rings (SSSR count). The van der Waals surface area contributed by atoms with Crippen molar-refractivity contribution in [2.24, 2.45) is 0 Å². The van der Waals surface area contributed by atoms with Gasteiger partial charge in [-0.05, 0) is 42.3 Å². The average molecular weight is 290 g/mol. The van der Waals surface area contributed by atoms with Crippen molar-refractivity contribution >= 4 is 11.5 Å². The van der Waals surface area contributed by atoms with Gasteiger partial charge in [0, 0.05) is 12.1 Å². The fraction of sp³-hybridized carbons (Fsp3) is 0.0625. The van der Waals surface area contributed by atoms with Gasteiger partial charge >= 0.3 is 5.97 Å². The van der Waals surface area contributed by atoms with Gasteiger partial charge in [0.25, 0.3) is 0 Å².